The molecule has 0 aliphatic heterocycles. The van der Waals surface area contributed by atoms with Gasteiger partial charge in [-0.3, -0.25) is 37.3 Å². The van der Waals surface area contributed by atoms with E-state index < -0.39 is 97.5 Å². The Bertz CT molecular complexity index is 2140. The van der Waals surface area contributed by atoms with Crippen LogP contribution < -0.4 is 0 Å². The van der Waals surface area contributed by atoms with Crippen molar-refractivity contribution >= 4 is 39.5 Å². The Morgan fingerprint density at radius 1 is 0.239 bits per heavy atom. The second-order valence-electron chi connectivity index (χ2n) is 34.2. The van der Waals surface area contributed by atoms with Gasteiger partial charge in [-0.1, -0.05) is 465 Å². The molecule has 0 heterocycles. The molecule has 0 radical (unpaired) electrons. The van der Waals surface area contributed by atoms with E-state index in [0.717, 1.165) is 95.8 Å². The fourth-order valence-corrected chi connectivity index (χ4v) is 16.5. The second-order valence-corrected chi connectivity index (χ2v) is 37.1. The van der Waals surface area contributed by atoms with Gasteiger partial charge in [0.2, 0.25) is 0 Å². The maximum Gasteiger partial charge on any atom is 0.472 e. The lowest BCUT2D eigenvalue weighted by atomic mass is 10.0. The maximum absolute atomic E-state index is 13.2. The summed E-state index contributed by atoms with van der Waals surface area (Å²) in [6.45, 7) is 7.45. The zero-order chi connectivity index (χ0) is 82.6. The molecule has 19 heteroatoms. The van der Waals surface area contributed by atoms with Crippen LogP contribution >= 0.6 is 15.6 Å². The van der Waals surface area contributed by atoms with E-state index in [1.165, 1.54) is 340 Å². The average Bonchev–Trinajstić information content (AvgIpc) is 0.892. The van der Waals surface area contributed by atoms with E-state index in [9.17, 15) is 43.2 Å². The molecule has 0 aliphatic rings. The SMILES string of the molecule is CCCCCCCCCCCCCCCCCCCCCCCCC(=O)O[C@H](COC(=O)CCCCCCCCCCCCCCCCCCCCC(C)C)COP(=O)(O)OC[C@@H](O)COP(=O)(O)OC[C@@H](COC(=O)CCCCCCCCCCCCCC)OC(=O)CCCCCCCCCCCCCCCCCCCC. The summed E-state index contributed by atoms with van der Waals surface area (Å²) in [4.78, 5) is 73.5. The first-order chi connectivity index (χ1) is 55.0. The standard InChI is InChI=1S/C94H184O17P2/c1-6-9-12-15-18-21-24-27-29-31-33-34-35-36-42-46-50-55-60-65-70-75-80-94(99)111-90(84-105-92(97)78-73-68-63-58-53-48-44-41-38-37-39-43-47-51-56-61-66-71-76-87(4)5)86-109-113(102,103)107-82-88(95)81-106-112(100,101)108-85-89(83-104-91(96)77-72-67-62-57-52-26-23-20-17-14-11-8-3)110-93(98)79-74-69-64-59-54-49-45-40-32-30-28-25-22-19-16-13-10-7-2/h87-90,95H,6-86H2,1-5H3,(H,100,101)(H,102,103)/t88-,89+,90+/m0/s1. The fourth-order valence-electron chi connectivity index (χ4n) is 14.9. The quantitative estimate of drug-likeness (QED) is 0.0222. The van der Waals surface area contributed by atoms with Crippen molar-refractivity contribution in [1.29, 1.82) is 0 Å². The summed E-state index contributed by atoms with van der Waals surface area (Å²) in [5.74, 6) is -1.27. The summed E-state index contributed by atoms with van der Waals surface area (Å²) in [5.41, 5.74) is 0. The van der Waals surface area contributed by atoms with Gasteiger partial charge in [-0.25, -0.2) is 9.13 Å². The van der Waals surface area contributed by atoms with Crippen molar-refractivity contribution in [3.63, 3.8) is 0 Å². The molecule has 0 rings (SSSR count). The molecule has 0 bridgehead atoms. The number of hydrogen-bond acceptors (Lipinski definition) is 15. The van der Waals surface area contributed by atoms with E-state index in [-0.39, 0.29) is 25.7 Å². The molecule has 17 nitrogen and oxygen atoms in total. The Balaban J connectivity index is 5.23. The molecule has 0 saturated carbocycles. The molecule has 113 heavy (non-hydrogen) atoms. The lowest BCUT2D eigenvalue weighted by molar-refractivity contribution is -0.161. The summed E-state index contributed by atoms with van der Waals surface area (Å²) >= 11 is 0. The minimum absolute atomic E-state index is 0.110. The normalized spacial score (nSPS) is 13.6. The van der Waals surface area contributed by atoms with Crippen LogP contribution in [0.3, 0.4) is 0 Å². The molecule has 0 fully saturated rings. The van der Waals surface area contributed by atoms with E-state index in [2.05, 4.69) is 34.6 Å². The number of rotatable bonds is 94. The highest BCUT2D eigenvalue weighted by Gasteiger charge is 2.31. The zero-order valence-corrected chi connectivity index (χ0v) is 76.3. The number of aliphatic hydroxyl groups is 1. The Kier molecular flexibility index (Phi) is 85.0. The number of phosphoric ester groups is 2. The molecule has 0 saturated heterocycles. The predicted molar refractivity (Wildman–Crippen MR) is 469 cm³/mol. The molecular formula is C94H184O17P2. The molecule has 0 aromatic carbocycles. The number of esters is 4. The summed E-state index contributed by atoms with van der Waals surface area (Å²) < 4.78 is 69.2. The Hall–Kier alpha value is -1.94. The van der Waals surface area contributed by atoms with Gasteiger partial charge in [-0.15, -0.1) is 0 Å². The minimum atomic E-state index is -4.97. The third kappa shape index (κ3) is 87.7. The number of unbranched alkanes of at least 4 members (excludes halogenated alkanes) is 66. The minimum Gasteiger partial charge on any atom is -0.462 e. The van der Waals surface area contributed by atoms with Gasteiger partial charge in [0, 0.05) is 25.7 Å². The summed E-state index contributed by atoms with van der Waals surface area (Å²) in [6, 6.07) is 0. The van der Waals surface area contributed by atoms with Gasteiger partial charge < -0.3 is 33.8 Å². The van der Waals surface area contributed by atoms with E-state index in [1.807, 2.05) is 0 Å². The van der Waals surface area contributed by atoms with Crippen LogP contribution in [-0.4, -0.2) is 96.7 Å². The van der Waals surface area contributed by atoms with Crippen LogP contribution in [0.2, 0.25) is 0 Å². The predicted octanol–water partition coefficient (Wildman–Crippen LogP) is 29.5. The fraction of sp³-hybridized carbons (Fsp3) is 0.957. The van der Waals surface area contributed by atoms with Gasteiger partial charge in [-0.05, 0) is 31.6 Å². The maximum atomic E-state index is 13.2. The topological polar surface area (TPSA) is 237 Å². The molecule has 0 spiro atoms. The van der Waals surface area contributed by atoms with Gasteiger partial charge in [0.05, 0.1) is 26.4 Å². The van der Waals surface area contributed by atoms with Crippen molar-refractivity contribution in [2.45, 2.75) is 534 Å². The largest absolute Gasteiger partial charge is 0.472 e. The van der Waals surface area contributed by atoms with E-state index >= 15 is 0 Å². The molecular weight excluding hydrogens is 1460 g/mol. The lowest BCUT2D eigenvalue weighted by Crippen LogP contribution is -2.30. The molecule has 5 atom stereocenters. The van der Waals surface area contributed by atoms with Crippen LogP contribution in [0.5, 0.6) is 0 Å². The van der Waals surface area contributed by atoms with Crippen molar-refractivity contribution in [1.82, 2.24) is 0 Å². The first-order valence-electron chi connectivity index (χ1n) is 48.6. The molecule has 0 aliphatic carbocycles. The first kappa shape index (κ1) is 111. The van der Waals surface area contributed by atoms with Crippen molar-refractivity contribution in [3.8, 4) is 0 Å². The van der Waals surface area contributed by atoms with E-state index in [4.69, 9.17) is 37.0 Å². The zero-order valence-electron chi connectivity index (χ0n) is 74.5. The van der Waals surface area contributed by atoms with Gasteiger partial charge in [0.25, 0.3) is 0 Å². The molecule has 0 amide bonds. The molecule has 3 N–H and O–H groups in total. The van der Waals surface area contributed by atoms with Gasteiger partial charge in [-0.2, -0.15) is 0 Å². The molecule has 0 aromatic heterocycles. The van der Waals surface area contributed by atoms with Crippen molar-refractivity contribution in [2.75, 3.05) is 39.6 Å². The van der Waals surface area contributed by atoms with Crippen LogP contribution in [0.1, 0.15) is 516 Å². The monoisotopic (exact) mass is 1650 g/mol. The van der Waals surface area contributed by atoms with Crippen LogP contribution in [0.4, 0.5) is 0 Å². The highest BCUT2D eigenvalue weighted by atomic mass is 31.2. The molecule has 2 unspecified atom stereocenters. The summed E-state index contributed by atoms with van der Waals surface area (Å²) in [6.07, 6.45) is 83.5. The first-order valence-corrected chi connectivity index (χ1v) is 51.6. The number of phosphoric acid groups is 2. The number of aliphatic hydroxyl groups excluding tert-OH is 1. The van der Waals surface area contributed by atoms with Gasteiger partial charge in [0.15, 0.2) is 12.2 Å². The number of carbonyl (C=O) groups is 4. The Labute approximate surface area is 696 Å². The van der Waals surface area contributed by atoms with Gasteiger partial charge in [0.1, 0.15) is 19.3 Å². The van der Waals surface area contributed by atoms with Crippen LogP contribution in [0.15, 0.2) is 0 Å². The van der Waals surface area contributed by atoms with Crippen LogP contribution in [0, 0.1) is 5.92 Å². The molecule has 0 aromatic rings. The molecule has 672 valence electrons. The Morgan fingerprint density at radius 2 is 0.407 bits per heavy atom. The van der Waals surface area contributed by atoms with Crippen molar-refractivity contribution in [2.24, 2.45) is 5.92 Å². The third-order valence-corrected chi connectivity index (χ3v) is 24.2. The van der Waals surface area contributed by atoms with E-state index in [1.54, 1.807) is 0 Å². The smallest absolute Gasteiger partial charge is 0.462 e. The van der Waals surface area contributed by atoms with Crippen LogP contribution in [0.25, 0.3) is 0 Å². The van der Waals surface area contributed by atoms with E-state index in [0.29, 0.717) is 25.7 Å². The summed E-state index contributed by atoms with van der Waals surface area (Å²) in [5, 5.41) is 10.7. The number of carbonyl (C=O) groups excluding carboxylic acids is 4. The summed E-state index contributed by atoms with van der Waals surface area (Å²) in [7, 11) is -9.94. The van der Waals surface area contributed by atoms with Crippen molar-refractivity contribution in [3.05, 3.63) is 0 Å². The lowest BCUT2D eigenvalue weighted by Gasteiger charge is -2.21. The van der Waals surface area contributed by atoms with Crippen molar-refractivity contribution < 1.29 is 80.2 Å². The van der Waals surface area contributed by atoms with Crippen LogP contribution in [-0.2, 0) is 65.4 Å². The number of hydrogen-bond donors (Lipinski definition) is 3. The average molecular weight is 1650 g/mol. The third-order valence-electron chi connectivity index (χ3n) is 22.3. The Morgan fingerprint density at radius 3 is 0.602 bits per heavy atom. The van der Waals surface area contributed by atoms with Gasteiger partial charge >= 0.3 is 39.5 Å². The highest BCUT2D eigenvalue weighted by Crippen LogP contribution is 2.45. The second kappa shape index (κ2) is 86.4. The highest BCUT2D eigenvalue weighted by molar-refractivity contribution is 7.47. The number of ether oxygens (including phenoxy) is 4.